The molecule has 0 aliphatic carbocycles. The Morgan fingerprint density at radius 2 is 1.56 bits per heavy atom. The van der Waals surface area contributed by atoms with Crippen LogP contribution in [0.5, 0.6) is 0 Å². The number of pyridine rings is 1. The fraction of sp³-hybridized carbons (Fsp3) is 0.261. The standard InChI is InChI=1S/C23H24N4/c1-2-4-21(5-3-1)18-22-23(26-15-14-25-22)27-16-10-20(11-17-27)7-6-19-8-12-24-13-9-19/h1-5,7-9,12-15H,6,10-11,16-18H2. The van der Waals surface area contributed by atoms with Gasteiger partial charge < -0.3 is 4.90 Å². The van der Waals surface area contributed by atoms with E-state index in [0.717, 1.165) is 50.3 Å². The lowest BCUT2D eigenvalue weighted by Gasteiger charge is -2.30. The lowest BCUT2D eigenvalue weighted by molar-refractivity contribution is 0.668. The number of benzene rings is 1. The van der Waals surface area contributed by atoms with Crippen LogP contribution in [0.15, 0.2) is 78.9 Å². The second-order valence-electron chi connectivity index (χ2n) is 6.90. The fourth-order valence-electron chi connectivity index (χ4n) is 3.53. The third-order valence-electron chi connectivity index (χ3n) is 5.05. The van der Waals surface area contributed by atoms with Crippen molar-refractivity contribution in [3.8, 4) is 0 Å². The highest BCUT2D eigenvalue weighted by Crippen LogP contribution is 2.25. The summed E-state index contributed by atoms with van der Waals surface area (Å²) < 4.78 is 0. The minimum Gasteiger partial charge on any atom is -0.354 e. The molecule has 1 aliphatic rings. The number of aromatic nitrogens is 3. The van der Waals surface area contributed by atoms with Crippen LogP contribution in [0.25, 0.3) is 0 Å². The summed E-state index contributed by atoms with van der Waals surface area (Å²) >= 11 is 0. The Balaban J connectivity index is 1.41. The van der Waals surface area contributed by atoms with Gasteiger partial charge in [-0.2, -0.15) is 0 Å². The molecule has 1 aromatic carbocycles. The highest BCUT2D eigenvalue weighted by atomic mass is 15.2. The van der Waals surface area contributed by atoms with Gasteiger partial charge in [0.1, 0.15) is 0 Å². The molecule has 0 N–H and O–H groups in total. The zero-order chi connectivity index (χ0) is 18.3. The molecule has 0 unspecified atom stereocenters. The molecular formula is C23H24N4. The summed E-state index contributed by atoms with van der Waals surface area (Å²) in [7, 11) is 0. The predicted molar refractivity (Wildman–Crippen MR) is 109 cm³/mol. The molecule has 0 bridgehead atoms. The van der Waals surface area contributed by atoms with E-state index in [-0.39, 0.29) is 0 Å². The van der Waals surface area contributed by atoms with E-state index in [4.69, 9.17) is 0 Å². The summed E-state index contributed by atoms with van der Waals surface area (Å²) in [6.07, 6.45) is 13.7. The molecule has 1 saturated heterocycles. The second kappa shape index (κ2) is 8.58. The minimum atomic E-state index is 0.825. The first kappa shape index (κ1) is 17.4. The summed E-state index contributed by atoms with van der Waals surface area (Å²) in [5.41, 5.74) is 5.19. The number of allylic oxidation sites excluding steroid dienone is 1. The van der Waals surface area contributed by atoms with Crippen molar-refractivity contribution >= 4 is 5.82 Å². The number of hydrogen-bond donors (Lipinski definition) is 0. The molecule has 1 fully saturated rings. The first-order chi connectivity index (χ1) is 13.4. The Morgan fingerprint density at radius 3 is 2.33 bits per heavy atom. The van der Waals surface area contributed by atoms with Crippen molar-refractivity contribution < 1.29 is 0 Å². The van der Waals surface area contributed by atoms with Gasteiger partial charge in [-0.3, -0.25) is 9.97 Å². The topological polar surface area (TPSA) is 41.9 Å². The van der Waals surface area contributed by atoms with Crippen molar-refractivity contribution in [2.24, 2.45) is 0 Å². The number of rotatable bonds is 5. The van der Waals surface area contributed by atoms with Crippen LogP contribution >= 0.6 is 0 Å². The minimum absolute atomic E-state index is 0.825. The van der Waals surface area contributed by atoms with Crippen LogP contribution in [-0.4, -0.2) is 28.0 Å². The van der Waals surface area contributed by atoms with E-state index in [1.165, 1.54) is 16.7 Å². The molecule has 2 aromatic heterocycles. The van der Waals surface area contributed by atoms with Crippen LogP contribution in [0.4, 0.5) is 5.82 Å². The second-order valence-corrected chi connectivity index (χ2v) is 6.90. The van der Waals surface area contributed by atoms with Crippen LogP contribution in [0.3, 0.4) is 0 Å². The Kier molecular flexibility index (Phi) is 5.53. The van der Waals surface area contributed by atoms with Gasteiger partial charge in [0.05, 0.1) is 5.69 Å². The van der Waals surface area contributed by atoms with Gasteiger partial charge in [0.15, 0.2) is 5.82 Å². The highest BCUT2D eigenvalue weighted by molar-refractivity contribution is 5.46. The molecule has 4 heteroatoms. The van der Waals surface area contributed by atoms with E-state index in [2.05, 4.69) is 62.3 Å². The normalized spacial score (nSPS) is 14.2. The average molecular weight is 356 g/mol. The first-order valence-corrected chi connectivity index (χ1v) is 9.54. The summed E-state index contributed by atoms with van der Waals surface area (Å²) in [6, 6.07) is 14.7. The molecule has 1 aliphatic heterocycles. The summed E-state index contributed by atoms with van der Waals surface area (Å²) in [6.45, 7) is 2.01. The lowest BCUT2D eigenvalue weighted by Crippen LogP contribution is -2.32. The van der Waals surface area contributed by atoms with Gasteiger partial charge in [-0.25, -0.2) is 4.98 Å². The maximum atomic E-state index is 4.65. The third-order valence-corrected chi connectivity index (χ3v) is 5.05. The Hall–Kier alpha value is -3.01. The molecule has 0 spiro atoms. The third kappa shape index (κ3) is 4.59. The van der Waals surface area contributed by atoms with E-state index < -0.39 is 0 Å². The van der Waals surface area contributed by atoms with Crippen LogP contribution < -0.4 is 4.90 Å². The van der Waals surface area contributed by atoms with Crippen LogP contribution in [-0.2, 0) is 12.8 Å². The Morgan fingerprint density at radius 1 is 0.815 bits per heavy atom. The van der Waals surface area contributed by atoms with Crippen molar-refractivity contribution in [2.75, 3.05) is 18.0 Å². The van der Waals surface area contributed by atoms with Gasteiger partial charge in [-0.15, -0.1) is 0 Å². The Bertz CT molecular complexity index is 881. The SMILES string of the molecule is C(Cc1ccncc1)=C1CCN(c2nccnc2Cc2ccccc2)CC1. The van der Waals surface area contributed by atoms with Gasteiger partial charge in [0.2, 0.25) is 0 Å². The van der Waals surface area contributed by atoms with Gasteiger partial charge in [0.25, 0.3) is 0 Å². The monoisotopic (exact) mass is 356 g/mol. The maximum absolute atomic E-state index is 4.65. The summed E-state index contributed by atoms with van der Waals surface area (Å²) in [5, 5.41) is 0. The molecule has 0 atom stereocenters. The van der Waals surface area contributed by atoms with Crippen molar-refractivity contribution in [2.45, 2.75) is 25.7 Å². The summed E-state index contributed by atoms with van der Waals surface area (Å²) in [4.78, 5) is 15.7. The van der Waals surface area contributed by atoms with E-state index in [0.29, 0.717) is 0 Å². The lowest BCUT2D eigenvalue weighted by atomic mass is 10.0. The van der Waals surface area contributed by atoms with Crippen LogP contribution in [0.1, 0.15) is 29.7 Å². The number of nitrogens with zero attached hydrogens (tertiary/aromatic N) is 4. The van der Waals surface area contributed by atoms with Crippen molar-refractivity contribution in [3.63, 3.8) is 0 Å². The zero-order valence-corrected chi connectivity index (χ0v) is 15.5. The molecule has 0 amide bonds. The van der Waals surface area contributed by atoms with Gasteiger partial charge in [-0.1, -0.05) is 42.0 Å². The van der Waals surface area contributed by atoms with E-state index in [1.54, 1.807) is 12.4 Å². The van der Waals surface area contributed by atoms with Crippen LogP contribution in [0.2, 0.25) is 0 Å². The van der Waals surface area contributed by atoms with Crippen molar-refractivity contribution in [3.05, 3.63) is 95.7 Å². The molecule has 136 valence electrons. The smallest absolute Gasteiger partial charge is 0.150 e. The molecule has 0 radical (unpaired) electrons. The Labute approximate surface area is 160 Å². The molecule has 3 heterocycles. The molecule has 3 aromatic rings. The number of anilines is 1. The maximum Gasteiger partial charge on any atom is 0.150 e. The van der Waals surface area contributed by atoms with Gasteiger partial charge >= 0.3 is 0 Å². The molecule has 4 nitrogen and oxygen atoms in total. The number of hydrogen-bond acceptors (Lipinski definition) is 4. The highest BCUT2D eigenvalue weighted by Gasteiger charge is 2.18. The molecular weight excluding hydrogens is 332 g/mol. The number of piperidine rings is 1. The average Bonchev–Trinajstić information content (AvgIpc) is 2.75. The van der Waals surface area contributed by atoms with E-state index in [9.17, 15) is 0 Å². The zero-order valence-electron chi connectivity index (χ0n) is 15.5. The molecule has 0 saturated carbocycles. The van der Waals surface area contributed by atoms with Crippen molar-refractivity contribution in [1.82, 2.24) is 15.0 Å². The summed E-state index contributed by atoms with van der Waals surface area (Å²) in [5.74, 6) is 1.04. The van der Waals surface area contributed by atoms with Crippen LogP contribution in [0, 0.1) is 0 Å². The quantitative estimate of drug-likeness (QED) is 0.642. The van der Waals surface area contributed by atoms with Gasteiger partial charge in [-0.05, 0) is 42.5 Å². The van der Waals surface area contributed by atoms with Gasteiger partial charge in [0, 0.05) is 44.3 Å². The van der Waals surface area contributed by atoms with Crippen molar-refractivity contribution in [1.29, 1.82) is 0 Å². The molecule has 27 heavy (non-hydrogen) atoms. The fourth-order valence-corrected chi connectivity index (χ4v) is 3.53. The van der Waals surface area contributed by atoms with E-state index in [1.807, 2.05) is 18.5 Å². The molecule has 4 rings (SSSR count). The van der Waals surface area contributed by atoms with E-state index >= 15 is 0 Å². The predicted octanol–water partition coefficient (Wildman–Crippen LogP) is 4.23. The largest absolute Gasteiger partial charge is 0.354 e. The first-order valence-electron chi connectivity index (χ1n) is 9.54.